The molecule has 1 aromatic carbocycles. The van der Waals surface area contributed by atoms with Crippen molar-refractivity contribution in [3.8, 4) is 0 Å². The molecule has 0 saturated heterocycles. The van der Waals surface area contributed by atoms with E-state index in [-0.39, 0.29) is 22.1 Å². The van der Waals surface area contributed by atoms with E-state index in [1.165, 1.54) is 19.1 Å². The highest BCUT2D eigenvalue weighted by Crippen LogP contribution is 2.33. The molecule has 19 heavy (non-hydrogen) atoms. The Morgan fingerprint density at radius 2 is 1.79 bits per heavy atom. The van der Waals surface area contributed by atoms with E-state index >= 15 is 0 Å². The number of benzene rings is 1. The Balaban J connectivity index is 3.16. The van der Waals surface area contributed by atoms with Crippen molar-refractivity contribution in [2.75, 3.05) is 5.75 Å². The minimum Gasteiger partial charge on any atom is -0.224 e. The summed E-state index contributed by atoms with van der Waals surface area (Å²) < 4.78 is 62.1. The molecule has 0 heterocycles. The fraction of sp³-hybridized carbons (Fsp3) is 0.538. The molecule has 0 aliphatic heterocycles. The standard InChI is InChI=1S/C13H17F3O2S/c1-9(2)6-7-19(17,18)11-5-4-10(3)12(8-11)13(14,15)16/h4-5,8-9H,6-7H2,1-3H3. The van der Waals surface area contributed by atoms with Crippen LogP contribution in [0.4, 0.5) is 13.2 Å². The average molecular weight is 294 g/mol. The van der Waals surface area contributed by atoms with E-state index in [4.69, 9.17) is 0 Å². The van der Waals surface area contributed by atoms with Crippen molar-refractivity contribution in [2.24, 2.45) is 5.92 Å². The van der Waals surface area contributed by atoms with E-state index in [0.29, 0.717) is 6.42 Å². The van der Waals surface area contributed by atoms with Gasteiger partial charge in [0.25, 0.3) is 0 Å². The first-order valence-corrected chi connectivity index (χ1v) is 7.60. The summed E-state index contributed by atoms with van der Waals surface area (Å²) >= 11 is 0. The Bertz CT molecular complexity index is 545. The van der Waals surface area contributed by atoms with Crippen molar-refractivity contribution in [2.45, 2.75) is 38.3 Å². The topological polar surface area (TPSA) is 34.1 Å². The molecule has 0 bridgehead atoms. The number of rotatable bonds is 4. The Labute approximate surface area is 111 Å². The normalized spacial score (nSPS) is 13.0. The monoisotopic (exact) mass is 294 g/mol. The second kappa shape index (κ2) is 5.53. The molecule has 1 aromatic rings. The third-order valence-corrected chi connectivity index (χ3v) is 4.58. The first kappa shape index (κ1) is 16.0. The SMILES string of the molecule is Cc1ccc(S(=O)(=O)CCC(C)C)cc1C(F)(F)F. The van der Waals surface area contributed by atoms with Crippen molar-refractivity contribution >= 4 is 9.84 Å². The maximum atomic E-state index is 12.7. The van der Waals surface area contributed by atoms with E-state index in [2.05, 4.69) is 0 Å². The van der Waals surface area contributed by atoms with Crippen LogP contribution in [0, 0.1) is 12.8 Å². The summed E-state index contributed by atoms with van der Waals surface area (Å²) in [5, 5.41) is 0. The van der Waals surface area contributed by atoms with Crippen LogP contribution in [0.5, 0.6) is 0 Å². The highest BCUT2D eigenvalue weighted by atomic mass is 32.2. The van der Waals surface area contributed by atoms with Crippen molar-refractivity contribution in [1.82, 2.24) is 0 Å². The van der Waals surface area contributed by atoms with Crippen LogP contribution in [0.2, 0.25) is 0 Å². The van der Waals surface area contributed by atoms with Gasteiger partial charge in [0, 0.05) is 0 Å². The third-order valence-electron chi connectivity index (χ3n) is 2.84. The van der Waals surface area contributed by atoms with Gasteiger partial charge < -0.3 is 0 Å². The zero-order chi connectivity index (χ0) is 14.8. The molecular formula is C13H17F3O2S. The quantitative estimate of drug-likeness (QED) is 0.845. The van der Waals surface area contributed by atoms with E-state index in [1.807, 2.05) is 13.8 Å². The van der Waals surface area contributed by atoms with Gasteiger partial charge in [0.2, 0.25) is 0 Å². The molecule has 0 saturated carbocycles. The summed E-state index contributed by atoms with van der Waals surface area (Å²) in [6, 6.07) is 3.16. The minimum absolute atomic E-state index is 0.0234. The number of aryl methyl sites for hydroxylation is 1. The van der Waals surface area contributed by atoms with Gasteiger partial charge in [-0.3, -0.25) is 0 Å². The molecular weight excluding hydrogens is 277 g/mol. The Morgan fingerprint density at radius 3 is 2.26 bits per heavy atom. The lowest BCUT2D eigenvalue weighted by molar-refractivity contribution is -0.138. The maximum Gasteiger partial charge on any atom is 0.416 e. The van der Waals surface area contributed by atoms with Crippen LogP contribution in [0.25, 0.3) is 0 Å². The molecule has 108 valence electrons. The molecule has 0 N–H and O–H groups in total. The molecule has 1 rings (SSSR count). The summed E-state index contributed by atoms with van der Waals surface area (Å²) in [5.74, 6) is 0.0488. The van der Waals surface area contributed by atoms with Gasteiger partial charge in [-0.15, -0.1) is 0 Å². The van der Waals surface area contributed by atoms with Crippen LogP contribution in [0.15, 0.2) is 23.1 Å². The van der Waals surface area contributed by atoms with Crippen LogP contribution in [0.3, 0.4) is 0 Å². The number of alkyl halides is 3. The number of hydrogen-bond donors (Lipinski definition) is 0. The first-order chi connectivity index (χ1) is 8.54. The van der Waals surface area contributed by atoms with E-state index < -0.39 is 21.6 Å². The average Bonchev–Trinajstić information content (AvgIpc) is 2.25. The molecule has 0 fully saturated rings. The highest BCUT2D eigenvalue weighted by molar-refractivity contribution is 7.91. The smallest absolute Gasteiger partial charge is 0.224 e. The van der Waals surface area contributed by atoms with Crippen molar-refractivity contribution in [3.05, 3.63) is 29.3 Å². The van der Waals surface area contributed by atoms with Crippen LogP contribution in [-0.4, -0.2) is 14.2 Å². The number of sulfone groups is 1. The second-order valence-corrected chi connectivity index (χ2v) is 7.09. The number of halogens is 3. The van der Waals surface area contributed by atoms with E-state index in [9.17, 15) is 21.6 Å². The fourth-order valence-electron chi connectivity index (χ4n) is 1.61. The van der Waals surface area contributed by atoms with Crippen molar-refractivity contribution in [3.63, 3.8) is 0 Å². The summed E-state index contributed by atoms with van der Waals surface area (Å²) in [6.45, 7) is 5.05. The van der Waals surface area contributed by atoms with E-state index in [1.54, 1.807) is 0 Å². The maximum absolute atomic E-state index is 12.7. The van der Waals surface area contributed by atoms with Gasteiger partial charge >= 0.3 is 6.18 Å². The van der Waals surface area contributed by atoms with Crippen LogP contribution in [0.1, 0.15) is 31.4 Å². The van der Waals surface area contributed by atoms with Gasteiger partial charge in [-0.25, -0.2) is 8.42 Å². The molecule has 0 amide bonds. The number of hydrogen-bond acceptors (Lipinski definition) is 2. The summed E-state index contributed by atoms with van der Waals surface area (Å²) in [5.41, 5.74) is -0.867. The van der Waals surface area contributed by atoms with Gasteiger partial charge in [-0.1, -0.05) is 19.9 Å². The fourth-order valence-corrected chi connectivity index (χ4v) is 3.20. The Kier molecular flexibility index (Phi) is 4.66. The van der Waals surface area contributed by atoms with Crippen LogP contribution in [-0.2, 0) is 16.0 Å². The highest BCUT2D eigenvalue weighted by Gasteiger charge is 2.33. The lowest BCUT2D eigenvalue weighted by Gasteiger charge is -2.13. The molecule has 0 aliphatic rings. The Hall–Kier alpha value is -1.04. The van der Waals surface area contributed by atoms with Gasteiger partial charge in [0.1, 0.15) is 0 Å². The van der Waals surface area contributed by atoms with Crippen LogP contribution < -0.4 is 0 Å². The lowest BCUT2D eigenvalue weighted by Crippen LogP contribution is -2.13. The molecule has 0 atom stereocenters. The van der Waals surface area contributed by atoms with Gasteiger partial charge in [-0.2, -0.15) is 13.2 Å². The molecule has 2 nitrogen and oxygen atoms in total. The van der Waals surface area contributed by atoms with Crippen molar-refractivity contribution in [1.29, 1.82) is 0 Å². The summed E-state index contributed by atoms with van der Waals surface area (Å²) in [7, 11) is -3.65. The Morgan fingerprint density at radius 1 is 1.21 bits per heavy atom. The van der Waals surface area contributed by atoms with Crippen LogP contribution >= 0.6 is 0 Å². The van der Waals surface area contributed by atoms with Crippen molar-refractivity contribution < 1.29 is 21.6 Å². The molecule has 0 aromatic heterocycles. The molecule has 0 radical (unpaired) electrons. The second-order valence-electron chi connectivity index (χ2n) is 4.98. The van der Waals surface area contributed by atoms with Gasteiger partial charge in [0.05, 0.1) is 16.2 Å². The molecule has 0 unspecified atom stereocenters. The molecule has 0 spiro atoms. The molecule has 6 heteroatoms. The summed E-state index contributed by atoms with van der Waals surface area (Å²) in [4.78, 5) is -0.258. The van der Waals surface area contributed by atoms with Gasteiger partial charge in [-0.05, 0) is 37.0 Å². The molecule has 0 aliphatic carbocycles. The predicted molar refractivity (Wildman–Crippen MR) is 67.7 cm³/mol. The predicted octanol–water partition coefficient (Wildman–Crippen LogP) is 3.83. The third kappa shape index (κ3) is 4.23. The zero-order valence-electron chi connectivity index (χ0n) is 11.1. The lowest BCUT2D eigenvalue weighted by atomic mass is 10.1. The zero-order valence-corrected chi connectivity index (χ0v) is 11.9. The largest absolute Gasteiger partial charge is 0.416 e. The summed E-state index contributed by atoms with van der Waals surface area (Å²) in [6.07, 6.45) is -4.11. The van der Waals surface area contributed by atoms with Gasteiger partial charge in [0.15, 0.2) is 9.84 Å². The first-order valence-electron chi connectivity index (χ1n) is 5.94. The van der Waals surface area contributed by atoms with E-state index in [0.717, 1.165) is 6.07 Å². The minimum atomic E-state index is -4.53.